The highest BCUT2D eigenvalue weighted by molar-refractivity contribution is 7.93. The van der Waals surface area contributed by atoms with Gasteiger partial charge in [-0.05, 0) is 62.6 Å². The molecule has 32 heavy (non-hydrogen) atoms. The van der Waals surface area contributed by atoms with Crippen LogP contribution in [-0.2, 0) is 14.8 Å². The lowest BCUT2D eigenvalue weighted by atomic mass is 10.0. The van der Waals surface area contributed by atoms with E-state index >= 15 is 0 Å². The van der Waals surface area contributed by atoms with Gasteiger partial charge >= 0.3 is 0 Å². The first-order chi connectivity index (χ1) is 15.1. The number of aryl methyl sites for hydroxylation is 3. The summed E-state index contributed by atoms with van der Waals surface area (Å²) in [6.45, 7) is 8.60. The van der Waals surface area contributed by atoms with Crippen molar-refractivity contribution in [1.29, 1.82) is 0 Å². The van der Waals surface area contributed by atoms with E-state index in [1.54, 1.807) is 32.6 Å². The maximum absolute atomic E-state index is 14.0. The Morgan fingerprint density at radius 1 is 1.03 bits per heavy atom. The SMILES string of the molecule is Cc1ccc(NS(=O)(=O)c2c(C)c(C)cc3c(C)c(C(=O)N4CCOCC4)oc23)cc1F. The quantitative estimate of drug-likeness (QED) is 0.634. The van der Waals surface area contributed by atoms with E-state index < -0.39 is 15.8 Å². The Morgan fingerprint density at radius 2 is 1.72 bits per heavy atom. The smallest absolute Gasteiger partial charge is 0.290 e. The summed E-state index contributed by atoms with van der Waals surface area (Å²) in [4.78, 5) is 14.6. The molecular formula is C23H25FN2O5S. The molecule has 0 aliphatic carbocycles. The minimum atomic E-state index is -4.13. The number of morpholine rings is 1. The van der Waals surface area contributed by atoms with Gasteiger partial charge in [0.2, 0.25) is 0 Å². The molecule has 0 saturated carbocycles. The number of anilines is 1. The number of amides is 1. The van der Waals surface area contributed by atoms with E-state index in [0.29, 0.717) is 48.4 Å². The number of rotatable bonds is 4. The van der Waals surface area contributed by atoms with Crippen LogP contribution in [0.1, 0.15) is 32.8 Å². The molecule has 1 amide bonds. The van der Waals surface area contributed by atoms with Gasteiger partial charge in [-0.25, -0.2) is 12.8 Å². The van der Waals surface area contributed by atoms with Crippen LogP contribution >= 0.6 is 0 Å². The van der Waals surface area contributed by atoms with E-state index in [4.69, 9.17) is 9.15 Å². The van der Waals surface area contributed by atoms with Crippen LogP contribution in [-0.4, -0.2) is 45.5 Å². The minimum Gasteiger partial charge on any atom is -0.449 e. The molecule has 1 saturated heterocycles. The Kier molecular flexibility index (Phi) is 5.72. The maximum atomic E-state index is 14.0. The summed E-state index contributed by atoms with van der Waals surface area (Å²) in [5, 5.41) is 0.556. The second-order valence-corrected chi connectivity index (χ2v) is 9.67. The molecule has 2 aromatic carbocycles. The second kappa shape index (κ2) is 8.22. The number of ether oxygens (including phenoxy) is 1. The molecule has 1 N–H and O–H groups in total. The van der Waals surface area contributed by atoms with E-state index in [1.165, 1.54) is 12.1 Å². The van der Waals surface area contributed by atoms with Crippen LogP contribution < -0.4 is 4.72 Å². The fourth-order valence-electron chi connectivity index (χ4n) is 3.84. The largest absolute Gasteiger partial charge is 0.449 e. The molecule has 2 heterocycles. The van der Waals surface area contributed by atoms with Gasteiger partial charge in [0.1, 0.15) is 10.7 Å². The highest BCUT2D eigenvalue weighted by atomic mass is 32.2. The van der Waals surface area contributed by atoms with Crippen LogP contribution in [0, 0.1) is 33.5 Å². The number of sulfonamides is 1. The van der Waals surface area contributed by atoms with Crippen LogP contribution in [0.15, 0.2) is 33.6 Å². The average molecular weight is 461 g/mol. The van der Waals surface area contributed by atoms with Gasteiger partial charge in [0.05, 0.1) is 18.9 Å². The van der Waals surface area contributed by atoms with Gasteiger partial charge in [0, 0.05) is 24.0 Å². The number of nitrogens with one attached hydrogen (secondary N) is 1. The van der Waals surface area contributed by atoms with E-state index in [-0.39, 0.29) is 27.8 Å². The van der Waals surface area contributed by atoms with Gasteiger partial charge in [0.25, 0.3) is 15.9 Å². The van der Waals surface area contributed by atoms with Gasteiger partial charge in [0.15, 0.2) is 11.3 Å². The summed E-state index contributed by atoms with van der Waals surface area (Å²) >= 11 is 0. The van der Waals surface area contributed by atoms with Gasteiger partial charge < -0.3 is 14.1 Å². The zero-order valence-corrected chi connectivity index (χ0v) is 19.2. The summed E-state index contributed by atoms with van der Waals surface area (Å²) in [6.07, 6.45) is 0. The van der Waals surface area contributed by atoms with Crippen molar-refractivity contribution < 1.29 is 26.8 Å². The summed E-state index contributed by atoms with van der Waals surface area (Å²) in [7, 11) is -4.13. The number of carbonyl (C=O) groups is 1. The number of hydrogen-bond acceptors (Lipinski definition) is 5. The molecular weight excluding hydrogens is 435 g/mol. The Morgan fingerprint density at radius 3 is 2.38 bits per heavy atom. The van der Waals surface area contributed by atoms with Crippen molar-refractivity contribution in [1.82, 2.24) is 4.90 Å². The molecule has 0 radical (unpaired) electrons. The molecule has 0 bridgehead atoms. The monoisotopic (exact) mass is 460 g/mol. The van der Waals surface area contributed by atoms with Crippen molar-refractivity contribution in [3.8, 4) is 0 Å². The number of nitrogens with zero attached hydrogens (tertiary/aromatic N) is 1. The van der Waals surface area contributed by atoms with Crippen LogP contribution in [0.25, 0.3) is 11.0 Å². The maximum Gasteiger partial charge on any atom is 0.290 e. The lowest BCUT2D eigenvalue weighted by Crippen LogP contribution is -2.40. The van der Waals surface area contributed by atoms with Gasteiger partial charge in [-0.3, -0.25) is 9.52 Å². The standard InChI is InChI=1S/C23H25FN2O5S/c1-13-5-6-17(12-19(13)24)25-32(28,29)22-15(3)14(2)11-18-16(4)20(31-21(18)22)23(27)26-7-9-30-10-8-26/h5-6,11-12,25H,7-10H2,1-4H3. The van der Waals surface area contributed by atoms with Crippen molar-refractivity contribution in [2.45, 2.75) is 32.6 Å². The van der Waals surface area contributed by atoms with Gasteiger partial charge in [-0.2, -0.15) is 0 Å². The number of benzene rings is 2. The summed E-state index contributed by atoms with van der Waals surface area (Å²) in [6, 6.07) is 5.96. The molecule has 170 valence electrons. The summed E-state index contributed by atoms with van der Waals surface area (Å²) in [5.41, 5.74) is 2.45. The number of fused-ring (bicyclic) bond motifs is 1. The first kappa shape index (κ1) is 22.3. The lowest BCUT2D eigenvalue weighted by molar-refractivity contribution is 0.0283. The predicted octanol–water partition coefficient (Wildman–Crippen LogP) is 4.08. The second-order valence-electron chi connectivity index (χ2n) is 8.05. The fraction of sp³-hybridized carbons (Fsp3) is 0.348. The molecule has 1 aliphatic rings. The van der Waals surface area contributed by atoms with Gasteiger partial charge in [-0.1, -0.05) is 6.07 Å². The van der Waals surface area contributed by atoms with Crippen LogP contribution in [0.5, 0.6) is 0 Å². The fourth-order valence-corrected chi connectivity index (χ4v) is 5.34. The zero-order valence-electron chi connectivity index (χ0n) is 18.4. The van der Waals surface area contributed by atoms with Gasteiger partial charge in [-0.15, -0.1) is 0 Å². The van der Waals surface area contributed by atoms with Crippen molar-refractivity contribution in [3.63, 3.8) is 0 Å². The van der Waals surface area contributed by atoms with Crippen molar-refractivity contribution in [2.24, 2.45) is 0 Å². The Labute approximate surface area is 186 Å². The van der Waals surface area contributed by atoms with Crippen LogP contribution in [0.4, 0.5) is 10.1 Å². The lowest BCUT2D eigenvalue weighted by Gasteiger charge is -2.26. The van der Waals surface area contributed by atoms with Crippen molar-refractivity contribution >= 4 is 32.6 Å². The third kappa shape index (κ3) is 3.86. The summed E-state index contributed by atoms with van der Waals surface area (Å²) in [5.74, 6) is -0.692. The highest BCUT2D eigenvalue weighted by Crippen LogP contribution is 2.36. The predicted molar refractivity (Wildman–Crippen MR) is 119 cm³/mol. The topological polar surface area (TPSA) is 88.9 Å². The molecule has 0 atom stereocenters. The molecule has 1 aliphatic heterocycles. The van der Waals surface area contributed by atoms with Crippen molar-refractivity contribution in [3.05, 3.63) is 58.1 Å². The molecule has 0 unspecified atom stereocenters. The Hall–Kier alpha value is -2.91. The third-order valence-electron chi connectivity index (χ3n) is 5.88. The Bertz CT molecular complexity index is 1320. The first-order valence-corrected chi connectivity index (χ1v) is 11.8. The molecule has 7 nitrogen and oxygen atoms in total. The number of furan rings is 1. The zero-order chi connectivity index (χ0) is 23.2. The van der Waals surface area contributed by atoms with E-state index in [0.717, 1.165) is 11.6 Å². The molecule has 4 rings (SSSR count). The van der Waals surface area contributed by atoms with Crippen LogP contribution in [0.2, 0.25) is 0 Å². The third-order valence-corrected chi connectivity index (χ3v) is 7.41. The first-order valence-electron chi connectivity index (χ1n) is 10.3. The number of halogens is 1. The number of carbonyl (C=O) groups excluding carboxylic acids is 1. The van der Waals surface area contributed by atoms with E-state index in [1.807, 2.05) is 6.07 Å². The molecule has 0 spiro atoms. The molecule has 3 aromatic rings. The Balaban J connectivity index is 1.84. The molecule has 1 fully saturated rings. The normalized spacial score (nSPS) is 14.7. The minimum absolute atomic E-state index is 0.0578. The van der Waals surface area contributed by atoms with E-state index in [9.17, 15) is 17.6 Å². The van der Waals surface area contributed by atoms with Crippen LogP contribution in [0.3, 0.4) is 0 Å². The summed E-state index contributed by atoms with van der Waals surface area (Å²) < 4.78 is 54.4. The highest BCUT2D eigenvalue weighted by Gasteiger charge is 2.30. The van der Waals surface area contributed by atoms with Crippen molar-refractivity contribution in [2.75, 3.05) is 31.0 Å². The average Bonchev–Trinajstić information content (AvgIpc) is 3.07. The van der Waals surface area contributed by atoms with E-state index in [2.05, 4.69) is 4.72 Å². The number of hydrogen-bond donors (Lipinski definition) is 1. The molecule has 1 aromatic heterocycles. The molecule has 9 heteroatoms.